The summed E-state index contributed by atoms with van der Waals surface area (Å²) < 4.78 is 0. The third-order valence-corrected chi connectivity index (χ3v) is 2.25. The van der Waals surface area contributed by atoms with E-state index in [0.717, 1.165) is 0 Å². The van der Waals surface area contributed by atoms with E-state index in [2.05, 4.69) is 27.7 Å². The van der Waals surface area contributed by atoms with Gasteiger partial charge in [-0.25, -0.2) is 0 Å². The zero-order valence-corrected chi connectivity index (χ0v) is 9.33. The molecule has 0 aliphatic carbocycles. The predicted molar refractivity (Wildman–Crippen MR) is 38.7 cm³/mol. The molecule has 0 radical (unpaired) electrons. The van der Waals surface area contributed by atoms with Crippen molar-refractivity contribution in [2.75, 3.05) is 0 Å². The summed E-state index contributed by atoms with van der Waals surface area (Å²) in [5, 5.41) is 0. The van der Waals surface area contributed by atoms with E-state index in [1.165, 1.54) is 19.3 Å². The molecular weight excluding hydrogens is 119 g/mol. The fourth-order valence-corrected chi connectivity index (χ4v) is 0.750. The van der Waals surface area contributed by atoms with Crippen LogP contribution in [0.1, 0.15) is 40.0 Å². The summed E-state index contributed by atoms with van der Waals surface area (Å²) in [6, 6.07) is 0. The third kappa shape index (κ3) is 4.41. The molecule has 0 fully saturated rings. The maximum atomic E-state index is 4.12. The first-order valence-electron chi connectivity index (χ1n) is 3.54. The zero-order chi connectivity index (χ0) is 6.62. The molecule has 0 amide bonds. The second-order valence-corrected chi connectivity index (χ2v) is 2.56. The molecule has 0 saturated heterocycles. The second-order valence-electron chi connectivity index (χ2n) is 2.56. The van der Waals surface area contributed by atoms with Gasteiger partial charge in [0.1, 0.15) is 0 Å². The van der Waals surface area contributed by atoms with Crippen LogP contribution in [0.3, 0.4) is 0 Å². The van der Waals surface area contributed by atoms with Crippen molar-refractivity contribution in [3.63, 3.8) is 0 Å². The molecule has 0 bridgehead atoms. The Balaban J connectivity index is 0. The standard InChI is InChI=1S/C8H17.Na/c1-5-8(4,6-2)7-3;/h4-7H2,1-3H3;/q-1;+1. The maximum Gasteiger partial charge on any atom is 1.00 e. The van der Waals surface area contributed by atoms with Gasteiger partial charge in [-0.2, -0.15) is 5.41 Å². The zero-order valence-electron chi connectivity index (χ0n) is 7.33. The van der Waals surface area contributed by atoms with Crippen molar-refractivity contribution < 1.29 is 29.6 Å². The summed E-state index contributed by atoms with van der Waals surface area (Å²) in [5.74, 6) is 0. The molecule has 0 unspecified atom stereocenters. The maximum absolute atomic E-state index is 4.12. The Morgan fingerprint density at radius 1 is 1.00 bits per heavy atom. The summed E-state index contributed by atoms with van der Waals surface area (Å²) in [5.41, 5.74) is 0.375. The molecule has 1 heteroatoms. The first-order chi connectivity index (χ1) is 3.68. The van der Waals surface area contributed by atoms with Gasteiger partial charge in [0.25, 0.3) is 0 Å². The Morgan fingerprint density at radius 3 is 1.22 bits per heavy atom. The van der Waals surface area contributed by atoms with E-state index in [1.807, 2.05) is 0 Å². The minimum atomic E-state index is 0. The van der Waals surface area contributed by atoms with E-state index >= 15 is 0 Å². The Labute approximate surface area is 81.7 Å². The second kappa shape index (κ2) is 5.76. The van der Waals surface area contributed by atoms with Crippen molar-refractivity contribution in [1.29, 1.82) is 0 Å². The van der Waals surface area contributed by atoms with Crippen LogP contribution in [-0.4, -0.2) is 0 Å². The van der Waals surface area contributed by atoms with Crippen molar-refractivity contribution >= 4 is 0 Å². The minimum absolute atomic E-state index is 0. The summed E-state index contributed by atoms with van der Waals surface area (Å²) in [4.78, 5) is 0. The topological polar surface area (TPSA) is 0 Å². The van der Waals surface area contributed by atoms with Crippen LogP contribution >= 0.6 is 0 Å². The average Bonchev–Trinajstić information content (AvgIpc) is 1.87. The molecule has 0 aliphatic heterocycles. The van der Waals surface area contributed by atoms with E-state index in [-0.39, 0.29) is 29.6 Å². The fourth-order valence-electron chi connectivity index (χ4n) is 0.750. The van der Waals surface area contributed by atoms with Crippen LogP contribution < -0.4 is 29.6 Å². The predicted octanol–water partition coefficient (Wildman–Crippen LogP) is 0.0409. The van der Waals surface area contributed by atoms with Crippen molar-refractivity contribution in [3.05, 3.63) is 6.92 Å². The molecule has 0 aromatic heterocycles. The van der Waals surface area contributed by atoms with Gasteiger partial charge in [-0.3, -0.25) is 0 Å². The molecule has 0 nitrogen and oxygen atoms in total. The normalized spacial score (nSPS) is 10.7. The number of rotatable bonds is 3. The molecule has 0 saturated carbocycles. The molecule has 0 aromatic rings. The number of hydrogen-bond acceptors (Lipinski definition) is 0. The molecule has 0 aliphatic rings. The first-order valence-corrected chi connectivity index (χ1v) is 3.54. The van der Waals surface area contributed by atoms with E-state index in [9.17, 15) is 0 Å². The Bertz CT molecular complexity index is 47.3. The van der Waals surface area contributed by atoms with Gasteiger partial charge in [0.15, 0.2) is 0 Å². The molecule has 9 heavy (non-hydrogen) atoms. The quantitative estimate of drug-likeness (QED) is 0.379. The Morgan fingerprint density at radius 2 is 1.22 bits per heavy atom. The van der Waals surface area contributed by atoms with Gasteiger partial charge in [0.2, 0.25) is 0 Å². The van der Waals surface area contributed by atoms with Crippen LogP contribution in [0.25, 0.3) is 0 Å². The van der Waals surface area contributed by atoms with Crippen molar-refractivity contribution in [3.8, 4) is 0 Å². The smallest absolute Gasteiger partial charge is 0.337 e. The summed E-state index contributed by atoms with van der Waals surface area (Å²) in [6.45, 7) is 10.8. The Hall–Kier alpha value is 1.00. The molecule has 0 rings (SSSR count). The third-order valence-electron chi connectivity index (χ3n) is 2.25. The van der Waals surface area contributed by atoms with Crippen molar-refractivity contribution in [2.45, 2.75) is 40.0 Å². The average molecular weight is 136 g/mol. The van der Waals surface area contributed by atoms with E-state index in [4.69, 9.17) is 0 Å². The molecule has 0 N–H and O–H groups in total. The van der Waals surface area contributed by atoms with Crippen LogP contribution in [0.2, 0.25) is 0 Å². The SMILES string of the molecule is [CH2-]C(CC)(CC)CC.[Na+]. The van der Waals surface area contributed by atoms with E-state index in [0.29, 0.717) is 5.41 Å². The molecule has 0 spiro atoms. The van der Waals surface area contributed by atoms with Crippen LogP contribution in [0.5, 0.6) is 0 Å². The first kappa shape index (κ1) is 12.7. The van der Waals surface area contributed by atoms with Gasteiger partial charge >= 0.3 is 29.6 Å². The van der Waals surface area contributed by atoms with E-state index in [1.54, 1.807) is 0 Å². The van der Waals surface area contributed by atoms with Crippen LogP contribution in [0, 0.1) is 12.3 Å². The van der Waals surface area contributed by atoms with Gasteiger partial charge in [-0.15, -0.1) is 0 Å². The van der Waals surface area contributed by atoms with Gasteiger partial charge < -0.3 is 6.92 Å². The van der Waals surface area contributed by atoms with E-state index < -0.39 is 0 Å². The fraction of sp³-hybridized carbons (Fsp3) is 0.875. The van der Waals surface area contributed by atoms with Crippen LogP contribution in [0.4, 0.5) is 0 Å². The van der Waals surface area contributed by atoms with Crippen molar-refractivity contribution in [2.24, 2.45) is 5.41 Å². The molecule has 0 aromatic carbocycles. The number of hydrogen-bond donors (Lipinski definition) is 0. The summed E-state index contributed by atoms with van der Waals surface area (Å²) >= 11 is 0. The summed E-state index contributed by atoms with van der Waals surface area (Å²) in [6.07, 6.45) is 3.63. The molecule has 0 atom stereocenters. The van der Waals surface area contributed by atoms with Gasteiger partial charge in [-0.05, 0) is 0 Å². The Kier molecular flexibility index (Phi) is 8.10. The monoisotopic (exact) mass is 136 g/mol. The largest absolute Gasteiger partial charge is 1.00 e. The van der Waals surface area contributed by atoms with Gasteiger partial charge in [0, 0.05) is 0 Å². The molecule has 0 heterocycles. The van der Waals surface area contributed by atoms with Crippen molar-refractivity contribution in [1.82, 2.24) is 0 Å². The van der Waals surface area contributed by atoms with Gasteiger partial charge in [-0.1, -0.05) is 40.0 Å². The molecular formula is C8H17Na. The summed E-state index contributed by atoms with van der Waals surface area (Å²) in [7, 11) is 0. The molecule has 50 valence electrons. The van der Waals surface area contributed by atoms with Crippen LogP contribution in [0.15, 0.2) is 0 Å². The van der Waals surface area contributed by atoms with Crippen LogP contribution in [-0.2, 0) is 0 Å². The minimum Gasteiger partial charge on any atom is -0.337 e. The van der Waals surface area contributed by atoms with Gasteiger partial charge in [0.05, 0.1) is 0 Å².